The minimum absolute atomic E-state index is 0.103. The molecule has 0 saturated heterocycles. The Bertz CT molecular complexity index is 108. The first-order chi connectivity index (χ1) is 5.68. The van der Waals surface area contributed by atoms with Crippen molar-refractivity contribution in [2.75, 3.05) is 0 Å². The van der Waals surface area contributed by atoms with Crippen molar-refractivity contribution in [2.45, 2.75) is 52.1 Å². The van der Waals surface area contributed by atoms with E-state index in [9.17, 15) is 5.11 Å². The monoisotopic (exact) mass is 170 g/mol. The van der Waals surface area contributed by atoms with E-state index in [2.05, 4.69) is 20.4 Å². The minimum atomic E-state index is -0.103. The largest absolute Gasteiger partial charge is 0.393 e. The summed E-state index contributed by atoms with van der Waals surface area (Å²) in [7, 11) is 0. The van der Waals surface area contributed by atoms with Crippen LogP contribution in [0.1, 0.15) is 46.0 Å². The van der Waals surface area contributed by atoms with Crippen LogP contribution < -0.4 is 0 Å². The first-order valence-corrected chi connectivity index (χ1v) is 4.97. The second kappa shape index (κ2) is 7.35. The van der Waals surface area contributed by atoms with E-state index in [0.29, 0.717) is 5.92 Å². The Morgan fingerprint density at radius 2 is 1.92 bits per heavy atom. The number of hydrogen-bond acceptors (Lipinski definition) is 1. The third kappa shape index (κ3) is 6.41. The van der Waals surface area contributed by atoms with Gasteiger partial charge in [0.2, 0.25) is 0 Å². The number of unbranched alkanes of at least 4 members (excludes halogenated alkanes) is 3. The first kappa shape index (κ1) is 11.7. The normalized spacial score (nSPS) is 13.3. The van der Waals surface area contributed by atoms with Crippen LogP contribution in [0.25, 0.3) is 0 Å². The van der Waals surface area contributed by atoms with Gasteiger partial charge in [-0.2, -0.15) is 0 Å². The molecule has 0 saturated carbocycles. The molecule has 0 spiro atoms. The lowest BCUT2D eigenvalue weighted by Crippen LogP contribution is -2.13. The zero-order valence-corrected chi connectivity index (χ0v) is 8.42. The molecule has 0 aliphatic heterocycles. The molecule has 1 heteroatoms. The maximum atomic E-state index is 9.46. The highest BCUT2D eigenvalue weighted by atomic mass is 16.3. The van der Waals surface area contributed by atoms with Crippen molar-refractivity contribution in [3.63, 3.8) is 0 Å². The van der Waals surface area contributed by atoms with Crippen LogP contribution in [0.15, 0.2) is 12.7 Å². The molecule has 0 aromatic heterocycles. The fraction of sp³-hybridized carbons (Fsp3) is 0.818. The van der Waals surface area contributed by atoms with E-state index in [4.69, 9.17) is 0 Å². The Hall–Kier alpha value is -0.300. The van der Waals surface area contributed by atoms with E-state index >= 15 is 0 Å². The average Bonchev–Trinajstić information content (AvgIpc) is 2.03. The highest BCUT2D eigenvalue weighted by Gasteiger charge is 2.07. The SMILES string of the molecule is C=CCCCCC[C@@H](O)C(C)C. The van der Waals surface area contributed by atoms with Crippen LogP contribution in [0.3, 0.4) is 0 Å². The van der Waals surface area contributed by atoms with Crippen LogP contribution in [-0.2, 0) is 0 Å². The zero-order chi connectivity index (χ0) is 9.40. The summed E-state index contributed by atoms with van der Waals surface area (Å²) in [6.07, 6.45) is 7.50. The Labute approximate surface area is 76.5 Å². The maximum absolute atomic E-state index is 9.46. The van der Waals surface area contributed by atoms with Gasteiger partial charge in [-0.3, -0.25) is 0 Å². The number of rotatable bonds is 7. The highest BCUT2D eigenvalue weighted by Crippen LogP contribution is 2.11. The van der Waals surface area contributed by atoms with E-state index in [1.807, 2.05) is 6.08 Å². The van der Waals surface area contributed by atoms with Gasteiger partial charge < -0.3 is 5.11 Å². The summed E-state index contributed by atoms with van der Waals surface area (Å²) < 4.78 is 0. The maximum Gasteiger partial charge on any atom is 0.0563 e. The third-order valence-electron chi connectivity index (χ3n) is 2.18. The number of aliphatic hydroxyl groups excluding tert-OH is 1. The van der Waals surface area contributed by atoms with Gasteiger partial charge in [0.05, 0.1) is 6.10 Å². The Morgan fingerprint density at radius 1 is 1.25 bits per heavy atom. The number of aliphatic hydroxyl groups is 1. The summed E-state index contributed by atoms with van der Waals surface area (Å²) in [5.74, 6) is 0.407. The second-order valence-corrected chi connectivity index (χ2v) is 3.74. The van der Waals surface area contributed by atoms with Gasteiger partial charge in [0, 0.05) is 0 Å². The van der Waals surface area contributed by atoms with E-state index < -0.39 is 0 Å². The third-order valence-corrected chi connectivity index (χ3v) is 2.18. The summed E-state index contributed by atoms with van der Waals surface area (Å²) in [5.41, 5.74) is 0. The summed E-state index contributed by atoms with van der Waals surface area (Å²) in [6.45, 7) is 7.80. The van der Waals surface area contributed by atoms with Crippen LogP contribution in [-0.4, -0.2) is 11.2 Å². The predicted octanol–water partition coefficient (Wildman–Crippen LogP) is 3.14. The van der Waals surface area contributed by atoms with Gasteiger partial charge >= 0.3 is 0 Å². The van der Waals surface area contributed by atoms with Crippen molar-refractivity contribution in [1.82, 2.24) is 0 Å². The quantitative estimate of drug-likeness (QED) is 0.459. The molecule has 0 aliphatic carbocycles. The Kier molecular flexibility index (Phi) is 7.17. The van der Waals surface area contributed by atoms with Gasteiger partial charge in [-0.1, -0.05) is 32.8 Å². The van der Waals surface area contributed by atoms with Crippen LogP contribution in [0.2, 0.25) is 0 Å². The van der Waals surface area contributed by atoms with Gasteiger partial charge in [-0.05, 0) is 25.2 Å². The Balaban J connectivity index is 3.13. The lowest BCUT2D eigenvalue weighted by Gasteiger charge is -2.13. The summed E-state index contributed by atoms with van der Waals surface area (Å²) in [4.78, 5) is 0. The molecule has 0 aromatic rings. The standard InChI is InChI=1S/C11H22O/c1-4-5-6-7-8-9-11(12)10(2)3/h4,10-12H,1,5-9H2,2-3H3/t11-/m1/s1. The fourth-order valence-electron chi connectivity index (χ4n) is 1.15. The minimum Gasteiger partial charge on any atom is -0.393 e. The van der Waals surface area contributed by atoms with Gasteiger partial charge in [-0.25, -0.2) is 0 Å². The molecule has 0 rings (SSSR count). The van der Waals surface area contributed by atoms with Crippen LogP contribution >= 0.6 is 0 Å². The van der Waals surface area contributed by atoms with Crippen LogP contribution in [0, 0.1) is 5.92 Å². The van der Waals surface area contributed by atoms with Crippen LogP contribution in [0.5, 0.6) is 0 Å². The molecule has 72 valence electrons. The van der Waals surface area contributed by atoms with Gasteiger partial charge in [0.25, 0.3) is 0 Å². The molecule has 1 atom stereocenters. The molecule has 0 aliphatic rings. The Morgan fingerprint density at radius 3 is 2.42 bits per heavy atom. The lowest BCUT2D eigenvalue weighted by atomic mass is 10.0. The smallest absolute Gasteiger partial charge is 0.0563 e. The van der Waals surface area contributed by atoms with Crippen molar-refractivity contribution < 1.29 is 5.11 Å². The van der Waals surface area contributed by atoms with Crippen molar-refractivity contribution in [1.29, 1.82) is 0 Å². The van der Waals surface area contributed by atoms with Gasteiger partial charge in [0.1, 0.15) is 0 Å². The molecule has 0 bridgehead atoms. The first-order valence-electron chi connectivity index (χ1n) is 4.97. The molecule has 0 unspecified atom stereocenters. The molecular formula is C11H22O. The highest BCUT2D eigenvalue weighted by molar-refractivity contribution is 4.66. The van der Waals surface area contributed by atoms with Crippen molar-refractivity contribution in [3.8, 4) is 0 Å². The number of allylic oxidation sites excluding steroid dienone is 1. The summed E-state index contributed by atoms with van der Waals surface area (Å²) in [5, 5.41) is 9.46. The van der Waals surface area contributed by atoms with E-state index in [1.54, 1.807) is 0 Å². The summed E-state index contributed by atoms with van der Waals surface area (Å²) in [6, 6.07) is 0. The molecule has 0 heterocycles. The van der Waals surface area contributed by atoms with Crippen LogP contribution in [0.4, 0.5) is 0 Å². The topological polar surface area (TPSA) is 20.2 Å². The molecule has 0 amide bonds. The molecule has 0 fully saturated rings. The van der Waals surface area contributed by atoms with Gasteiger partial charge in [-0.15, -0.1) is 6.58 Å². The van der Waals surface area contributed by atoms with Gasteiger partial charge in [0.15, 0.2) is 0 Å². The summed E-state index contributed by atoms with van der Waals surface area (Å²) >= 11 is 0. The van der Waals surface area contributed by atoms with Crippen molar-refractivity contribution in [2.24, 2.45) is 5.92 Å². The zero-order valence-electron chi connectivity index (χ0n) is 8.42. The molecular weight excluding hydrogens is 148 g/mol. The average molecular weight is 170 g/mol. The molecule has 1 nitrogen and oxygen atoms in total. The lowest BCUT2D eigenvalue weighted by molar-refractivity contribution is 0.113. The number of hydrogen-bond donors (Lipinski definition) is 1. The second-order valence-electron chi connectivity index (χ2n) is 3.74. The molecule has 1 N–H and O–H groups in total. The van der Waals surface area contributed by atoms with E-state index in [1.165, 1.54) is 12.8 Å². The van der Waals surface area contributed by atoms with E-state index in [0.717, 1.165) is 19.3 Å². The van der Waals surface area contributed by atoms with Crippen molar-refractivity contribution in [3.05, 3.63) is 12.7 Å². The molecule has 0 aromatic carbocycles. The molecule has 12 heavy (non-hydrogen) atoms. The predicted molar refractivity (Wildman–Crippen MR) is 54.1 cm³/mol. The molecule has 0 radical (unpaired) electrons. The van der Waals surface area contributed by atoms with E-state index in [-0.39, 0.29) is 6.10 Å². The van der Waals surface area contributed by atoms with Crippen molar-refractivity contribution >= 4 is 0 Å². The fourth-order valence-corrected chi connectivity index (χ4v) is 1.15.